The van der Waals surface area contributed by atoms with Crippen LogP contribution in [0.3, 0.4) is 0 Å². The van der Waals surface area contributed by atoms with E-state index in [0.717, 1.165) is 0 Å². The molecule has 480 valence electrons. The van der Waals surface area contributed by atoms with Crippen LogP contribution in [0.1, 0.15) is 39.5 Å². The summed E-state index contributed by atoms with van der Waals surface area (Å²) in [6, 6.07) is 0. The second-order valence-electron chi connectivity index (χ2n) is 20.5. The van der Waals surface area contributed by atoms with E-state index in [1.54, 1.807) is 0 Å². The highest BCUT2D eigenvalue weighted by atomic mass is 32.2. The standard InChI is InChI=1S/C44H76O36S2/c1-3-5-19(81(61,62)63)73-37-29(59)43-71-18(12-50)36(37)80-44-30(60)38(74-20(6-4-2)82(64,65)66)35(17(11-49)72-44)79-42-28(58)24(54)33(15(9-47)70-42)77-40-26(56)22(52)31(13(7-45)68-40)75-39-25(55)21(51)32(14(8-46)67-39)76-41-27(57)23(53)34(78-43)16(10-48)69-41/h13-60H,3-12H2,1-2H3,(H,61,62,63)(H,64,65,66)/t13-,14-,15-,16-,17-,18-,19?,20?,21-,22-,23-,24-,25-,26-,27-,28-,29-,30-,31-,32-,33-,34-,35+,36+,37-,38-,39-,40-,41-,42-,43-,44-/m1/s1. The lowest BCUT2D eigenvalue weighted by Crippen LogP contribution is -2.69. The van der Waals surface area contributed by atoms with Gasteiger partial charge in [0.1, 0.15) is 146 Å². The Morgan fingerprint density at radius 1 is 0.317 bits per heavy atom. The third-order valence-corrected chi connectivity index (χ3v) is 17.0. The highest BCUT2D eigenvalue weighted by Gasteiger charge is 2.60. The molecule has 82 heavy (non-hydrogen) atoms. The van der Waals surface area contributed by atoms with Gasteiger partial charge in [-0.3, -0.25) is 9.11 Å². The van der Waals surface area contributed by atoms with E-state index in [0.29, 0.717) is 0 Å². The van der Waals surface area contributed by atoms with Crippen molar-refractivity contribution in [2.45, 2.75) is 235 Å². The molecule has 22 fully saturated rings. The van der Waals surface area contributed by atoms with E-state index in [2.05, 4.69) is 0 Å². The molecule has 22 rings (SSSR count). The summed E-state index contributed by atoms with van der Waals surface area (Å²) in [6.07, 6.45) is -64.8. The van der Waals surface area contributed by atoms with Crippen molar-refractivity contribution >= 4 is 20.2 Å². The first-order valence-electron chi connectivity index (χ1n) is 26.3. The van der Waals surface area contributed by atoms with Gasteiger partial charge in [-0.2, -0.15) is 16.8 Å². The smallest absolute Gasteiger partial charge is 0.292 e. The molecule has 32 atom stereocenters. The van der Waals surface area contributed by atoms with Gasteiger partial charge >= 0.3 is 0 Å². The Hall–Kier alpha value is -1.38. The van der Waals surface area contributed by atoms with Crippen LogP contribution < -0.4 is 0 Å². The predicted octanol–water partition coefficient (Wildman–Crippen LogP) is -11.0. The minimum Gasteiger partial charge on any atom is -0.394 e. The van der Waals surface area contributed by atoms with Crippen molar-refractivity contribution in [3.63, 3.8) is 0 Å². The van der Waals surface area contributed by atoms with Crippen molar-refractivity contribution in [3.8, 4) is 0 Å². The van der Waals surface area contributed by atoms with E-state index in [1.165, 1.54) is 13.8 Å². The molecule has 0 saturated carbocycles. The van der Waals surface area contributed by atoms with Crippen molar-refractivity contribution < 1.29 is 174 Å². The molecule has 0 aromatic carbocycles. The van der Waals surface area contributed by atoms with Gasteiger partial charge in [-0.05, 0) is 12.8 Å². The fourth-order valence-electron chi connectivity index (χ4n) is 10.6. The number of hydrogen-bond donors (Lipinski definition) is 18. The first-order valence-corrected chi connectivity index (χ1v) is 29.3. The lowest BCUT2D eigenvalue weighted by atomic mass is 9.94. The molecule has 0 spiro atoms. The van der Waals surface area contributed by atoms with Gasteiger partial charge < -0.3 is 148 Å². The van der Waals surface area contributed by atoms with Crippen LogP contribution in [0.25, 0.3) is 0 Å². The maximum atomic E-state index is 12.8. The van der Waals surface area contributed by atoms with E-state index in [-0.39, 0.29) is 12.8 Å². The Morgan fingerprint density at radius 2 is 0.512 bits per heavy atom. The maximum Gasteiger partial charge on any atom is 0.292 e. The molecule has 0 aliphatic carbocycles. The SMILES string of the molecule is CCCC(O[C@@H]1[C@@H](O)[C@H]2O[C@@H]3[C@H](OC(CCC)S(=O)(=O)O)[C@@H](O)[C@@H](O[C@H]4[C@H](O)[C@@H](O)[C@@H](O[C@H]5[C@H](O)[C@@H](O)[C@@H](O[C@H]6[C@H](O)[C@@H](O)[C@@H](O[C@H]7[C@H](O)[C@@H](O)[C@@H](O[C@H]1[C@@H](CO)O2)O[C@@H]7CO)O[C@@H]6CO)O[C@@H]5CO)O[C@@H]4CO)O[C@@H]3CO)S(=O)(=O)O. The summed E-state index contributed by atoms with van der Waals surface area (Å²) in [5.41, 5.74) is -4.47. The lowest BCUT2D eigenvalue weighted by Gasteiger charge is -2.51. The van der Waals surface area contributed by atoms with Crippen LogP contribution >= 0.6 is 0 Å². The summed E-state index contributed by atoms with van der Waals surface area (Å²) in [6.45, 7) is -3.89. The molecule has 0 amide bonds. The molecule has 18 N–H and O–H groups in total. The Bertz CT molecular complexity index is 2150. The molecule has 22 saturated heterocycles. The zero-order valence-electron chi connectivity index (χ0n) is 43.8. The molecule has 22 aliphatic heterocycles. The average Bonchev–Trinajstić information content (AvgIpc) is 3.54. The second-order valence-corrected chi connectivity index (χ2v) is 23.6. The van der Waals surface area contributed by atoms with Crippen molar-refractivity contribution in [2.24, 2.45) is 0 Å². The normalized spacial score (nSPS) is 48.1. The zero-order valence-corrected chi connectivity index (χ0v) is 45.4. The molecule has 22 aliphatic rings. The first-order chi connectivity index (χ1) is 38.7. The van der Waals surface area contributed by atoms with Crippen LogP contribution in [0.5, 0.6) is 0 Å². The van der Waals surface area contributed by atoms with Gasteiger partial charge in [0.15, 0.2) is 48.6 Å². The van der Waals surface area contributed by atoms with Gasteiger partial charge in [-0.15, -0.1) is 0 Å². The van der Waals surface area contributed by atoms with Crippen molar-refractivity contribution in [2.75, 3.05) is 39.6 Å². The predicted molar refractivity (Wildman–Crippen MR) is 254 cm³/mol. The fraction of sp³-hybridized carbons (Fsp3) is 1.00. The van der Waals surface area contributed by atoms with Crippen LogP contribution in [0.4, 0.5) is 0 Å². The third kappa shape index (κ3) is 14.5. The van der Waals surface area contributed by atoms with Crippen LogP contribution in [0.2, 0.25) is 0 Å². The minimum absolute atomic E-state index is 0.0213. The van der Waals surface area contributed by atoms with Crippen molar-refractivity contribution in [3.05, 3.63) is 0 Å². The van der Waals surface area contributed by atoms with E-state index in [9.17, 15) is 108 Å². The quantitative estimate of drug-likeness (QED) is 0.0638. The topological polar surface area (TPSA) is 562 Å². The third-order valence-electron chi connectivity index (χ3n) is 15.0. The van der Waals surface area contributed by atoms with E-state index < -0.39 is 268 Å². The number of ether oxygens (including phenoxy) is 14. The second kappa shape index (κ2) is 28.8. The summed E-state index contributed by atoms with van der Waals surface area (Å²) >= 11 is 0. The summed E-state index contributed by atoms with van der Waals surface area (Å²) in [4.78, 5) is 0. The van der Waals surface area contributed by atoms with Crippen LogP contribution in [0.15, 0.2) is 0 Å². The van der Waals surface area contributed by atoms with E-state index in [1.807, 2.05) is 0 Å². The van der Waals surface area contributed by atoms with Gasteiger partial charge in [-0.25, -0.2) is 0 Å². The summed E-state index contributed by atoms with van der Waals surface area (Å²) < 4.78 is 153. The monoisotopic (exact) mass is 1240 g/mol. The van der Waals surface area contributed by atoms with E-state index >= 15 is 0 Å². The molecule has 0 aromatic heterocycles. The average molecular weight is 1250 g/mol. The van der Waals surface area contributed by atoms with Gasteiger partial charge in [0, 0.05) is 0 Å². The molecule has 2 unspecified atom stereocenters. The molecule has 38 heteroatoms. The van der Waals surface area contributed by atoms with Crippen molar-refractivity contribution in [1.82, 2.24) is 0 Å². The van der Waals surface area contributed by atoms with Gasteiger partial charge in [0.2, 0.25) is 0 Å². The zero-order chi connectivity index (χ0) is 60.4. The van der Waals surface area contributed by atoms with E-state index in [4.69, 9.17) is 66.3 Å². The Balaban J connectivity index is 1.31. The molecular formula is C44H76O36S2. The maximum absolute atomic E-state index is 12.8. The van der Waals surface area contributed by atoms with Gasteiger partial charge in [0.25, 0.3) is 20.2 Å². The molecule has 0 aromatic rings. The molecular weight excluding hydrogens is 1170 g/mol. The molecule has 36 nitrogen and oxygen atoms in total. The minimum atomic E-state index is -5.24. The van der Waals surface area contributed by atoms with Crippen LogP contribution in [-0.2, 0) is 86.6 Å². The Kier molecular flexibility index (Phi) is 24.0. The first kappa shape index (κ1) is 68.1. The largest absolute Gasteiger partial charge is 0.394 e. The number of hydrogen-bond acceptors (Lipinski definition) is 34. The van der Waals surface area contributed by atoms with Crippen LogP contribution in [-0.4, -0.2) is 342 Å². The molecule has 0 radical (unpaired) electrons. The highest BCUT2D eigenvalue weighted by molar-refractivity contribution is 7.86. The lowest BCUT2D eigenvalue weighted by molar-refractivity contribution is -0.406. The molecule has 12 bridgehead atoms. The highest BCUT2D eigenvalue weighted by Crippen LogP contribution is 2.40. The number of aliphatic hydroxyl groups is 16. The van der Waals surface area contributed by atoms with Crippen LogP contribution in [0, 0.1) is 0 Å². The van der Waals surface area contributed by atoms with Gasteiger partial charge in [-0.1, -0.05) is 26.7 Å². The Morgan fingerprint density at radius 3 is 0.707 bits per heavy atom. The summed E-state index contributed by atoms with van der Waals surface area (Å²) in [5.74, 6) is 0. The van der Waals surface area contributed by atoms with Gasteiger partial charge in [0.05, 0.1) is 39.6 Å². The number of rotatable bonds is 16. The summed E-state index contributed by atoms with van der Waals surface area (Å²) in [7, 11) is -10.5. The fourth-order valence-corrected chi connectivity index (χ4v) is 12.2. The summed E-state index contributed by atoms with van der Waals surface area (Å²) in [5, 5.41) is 179. The molecule has 22 heterocycles. The number of aliphatic hydroxyl groups excluding tert-OH is 16. The Labute approximate surface area is 467 Å². The van der Waals surface area contributed by atoms with Crippen molar-refractivity contribution in [1.29, 1.82) is 0 Å².